The van der Waals surface area contributed by atoms with Crippen molar-refractivity contribution in [3.05, 3.63) is 43.1 Å². The fraction of sp³-hybridized carbons (Fsp3) is 0.364. The van der Waals surface area contributed by atoms with Crippen LogP contribution in [0.1, 0.15) is 30.5 Å². The van der Waals surface area contributed by atoms with Crippen LogP contribution in [0.2, 0.25) is 0 Å². The van der Waals surface area contributed by atoms with Crippen LogP contribution in [0.3, 0.4) is 0 Å². The Morgan fingerprint density at radius 1 is 1.03 bits per heavy atom. The van der Waals surface area contributed by atoms with E-state index in [1.165, 1.54) is 20.1 Å². The van der Waals surface area contributed by atoms with E-state index in [-0.39, 0.29) is 23.1 Å². The summed E-state index contributed by atoms with van der Waals surface area (Å²) in [6, 6.07) is 4.67. The quantitative estimate of drug-likeness (QED) is 0.603. The van der Waals surface area contributed by atoms with Gasteiger partial charge in [-0.05, 0) is 64.3 Å². The highest BCUT2D eigenvalue weighted by Gasteiger charge is 2.32. The second-order valence-corrected chi connectivity index (χ2v) is 7.92. The average Bonchev–Trinajstić information content (AvgIpc) is 2.96. The SMILES string of the molecule is COc1c(I)c2c(c(OC)c1OC)-c1ccc(OC)c(=O)cc1[C@H](NC(C)=O)CC2. The molecule has 1 aliphatic carbocycles. The van der Waals surface area contributed by atoms with Gasteiger partial charge >= 0.3 is 0 Å². The summed E-state index contributed by atoms with van der Waals surface area (Å²) in [6.07, 6.45) is 1.26. The van der Waals surface area contributed by atoms with E-state index < -0.39 is 0 Å². The molecule has 0 heterocycles. The van der Waals surface area contributed by atoms with Crippen molar-refractivity contribution in [2.75, 3.05) is 28.4 Å². The maximum absolute atomic E-state index is 12.7. The molecule has 1 aliphatic rings. The first-order chi connectivity index (χ1) is 14.4. The largest absolute Gasteiger partial charge is 0.493 e. The van der Waals surface area contributed by atoms with Crippen molar-refractivity contribution >= 4 is 28.5 Å². The Balaban J connectivity index is 2.47. The lowest BCUT2D eigenvalue weighted by molar-refractivity contribution is -0.119. The van der Waals surface area contributed by atoms with Gasteiger partial charge in [-0.15, -0.1) is 0 Å². The summed E-state index contributed by atoms with van der Waals surface area (Å²) in [5.41, 5.74) is 3.06. The predicted octanol–water partition coefficient (Wildman–Crippen LogP) is 3.48. The minimum atomic E-state index is -0.341. The Bertz CT molecular complexity index is 1050. The Hall–Kier alpha value is -2.49. The number of fused-ring (bicyclic) bond motifs is 3. The fourth-order valence-electron chi connectivity index (χ4n) is 3.93. The zero-order chi connectivity index (χ0) is 22.0. The highest BCUT2D eigenvalue weighted by atomic mass is 127. The van der Waals surface area contributed by atoms with Gasteiger partial charge in [0.1, 0.15) is 0 Å². The lowest BCUT2D eigenvalue weighted by atomic mass is 9.95. The summed E-state index contributed by atoms with van der Waals surface area (Å²) in [5, 5.41) is 2.98. The molecule has 1 amide bonds. The molecule has 0 aliphatic heterocycles. The molecule has 0 fully saturated rings. The molecule has 0 aromatic heterocycles. The summed E-state index contributed by atoms with van der Waals surface area (Å²) in [4.78, 5) is 24.6. The number of hydrogen-bond acceptors (Lipinski definition) is 6. The first-order valence-electron chi connectivity index (χ1n) is 9.37. The number of carbonyl (C=O) groups is 1. The third kappa shape index (κ3) is 3.80. The van der Waals surface area contributed by atoms with Gasteiger partial charge in [0.25, 0.3) is 0 Å². The molecule has 0 saturated heterocycles. The smallest absolute Gasteiger partial charge is 0.220 e. The third-order valence-electron chi connectivity index (χ3n) is 5.18. The van der Waals surface area contributed by atoms with Crippen LogP contribution in [-0.2, 0) is 11.2 Å². The zero-order valence-corrected chi connectivity index (χ0v) is 19.7. The minimum Gasteiger partial charge on any atom is -0.493 e. The van der Waals surface area contributed by atoms with Crippen molar-refractivity contribution in [2.24, 2.45) is 0 Å². The van der Waals surface area contributed by atoms with Crippen LogP contribution in [-0.4, -0.2) is 34.3 Å². The van der Waals surface area contributed by atoms with Crippen LogP contribution in [0.4, 0.5) is 0 Å². The molecule has 160 valence electrons. The molecule has 3 rings (SSSR count). The molecule has 30 heavy (non-hydrogen) atoms. The van der Waals surface area contributed by atoms with Crippen LogP contribution in [0.15, 0.2) is 23.0 Å². The Morgan fingerprint density at radius 2 is 1.70 bits per heavy atom. The second kappa shape index (κ2) is 9.11. The molecule has 1 atom stereocenters. The molecule has 2 aromatic rings. The summed E-state index contributed by atoms with van der Waals surface area (Å²) < 4.78 is 23.2. The van der Waals surface area contributed by atoms with E-state index in [0.29, 0.717) is 35.7 Å². The maximum atomic E-state index is 12.7. The van der Waals surface area contributed by atoms with Crippen LogP contribution in [0.25, 0.3) is 11.1 Å². The molecule has 2 aromatic carbocycles. The maximum Gasteiger partial charge on any atom is 0.220 e. The Morgan fingerprint density at radius 3 is 2.27 bits per heavy atom. The molecule has 1 N–H and O–H groups in total. The highest BCUT2D eigenvalue weighted by Crippen LogP contribution is 2.52. The van der Waals surface area contributed by atoms with Crippen molar-refractivity contribution in [1.29, 1.82) is 0 Å². The van der Waals surface area contributed by atoms with Gasteiger partial charge in [0.05, 0.1) is 38.1 Å². The second-order valence-electron chi connectivity index (χ2n) is 6.84. The number of methoxy groups -OCH3 is 4. The van der Waals surface area contributed by atoms with Crippen molar-refractivity contribution in [3.8, 4) is 34.1 Å². The van der Waals surface area contributed by atoms with Gasteiger partial charge < -0.3 is 24.3 Å². The van der Waals surface area contributed by atoms with Gasteiger partial charge in [0.2, 0.25) is 17.1 Å². The molecule has 0 spiro atoms. The molecule has 0 saturated carbocycles. The first-order valence-corrected chi connectivity index (χ1v) is 10.5. The van der Waals surface area contributed by atoms with Crippen LogP contribution < -0.4 is 29.7 Å². The lowest BCUT2D eigenvalue weighted by Crippen LogP contribution is -2.26. The Labute approximate surface area is 188 Å². The Kier molecular flexibility index (Phi) is 6.74. The minimum absolute atomic E-state index is 0.167. The molecule has 0 radical (unpaired) electrons. The number of carbonyl (C=O) groups excluding carboxylic acids is 1. The van der Waals surface area contributed by atoms with Crippen molar-refractivity contribution < 1.29 is 23.7 Å². The van der Waals surface area contributed by atoms with Crippen molar-refractivity contribution in [1.82, 2.24) is 5.32 Å². The van der Waals surface area contributed by atoms with E-state index in [9.17, 15) is 9.59 Å². The van der Waals surface area contributed by atoms with Gasteiger partial charge in [0, 0.05) is 12.5 Å². The molecule has 7 nitrogen and oxygen atoms in total. The van der Waals surface area contributed by atoms with Crippen LogP contribution in [0.5, 0.6) is 23.0 Å². The fourth-order valence-corrected chi connectivity index (χ4v) is 4.94. The molecule has 8 heteroatoms. The molecular formula is C22H24INO6. The topological polar surface area (TPSA) is 83.1 Å². The molecule has 0 unspecified atom stereocenters. The van der Waals surface area contributed by atoms with Crippen LogP contribution in [0, 0.1) is 3.57 Å². The number of benzene rings is 1. The standard InChI is InChI=1S/C22H24INO6/c1-11(25)24-15-8-6-13-18(12-7-9-17(27-2)16(26)10-14(12)15)20(28-3)22(30-5)21(29-4)19(13)23/h7,9-10,15H,6,8H2,1-5H3,(H,24,25)/t15-/m1/s1. The van der Waals surface area contributed by atoms with E-state index in [1.807, 2.05) is 6.07 Å². The average molecular weight is 525 g/mol. The number of nitrogens with one attached hydrogen (secondary N) is 1. The van der Waals surface area contributed by atoms with Crippen LogP contribution >= 0.6 is 22.6 Å². The molecule has 0 bridgehead atoms. The van der Waals surface area contributed by atoms with Gasteiger partial charge in [0.15, 0.2) is 17.2 Å². The monoisotopic (exact) mass is 525 g/mol. The summed E-state index contributed by atoms with van der Waals surface area (Å²) in [6.45, 7) is 1.47. The number of amides is 1. The van der Waals surface area contributed by atoms with E-state index in [1.54, 1.807) is 27.4 Å². The summed E-state index contributed by atoms with van der Waals surface area (Å²) in [5.74, 6) is 1.65. The normalized spacial score (nSPS) is 14.7. The first kappa shape index (κ1) is 22.2. The lowest BCUT2D eigenvalue weighted by Gasteiger charge is -2.21. The van der Waals surface area contributed by atoms with Gasteiger partial charge in [-0.2, -0.15) is 0 Å². The number of hydrogen-bond donors (Lipinski definition) is 1. The molecular weight excluding hydrogens is 501 g/mol. The van der Waals surface area contributed by atoms with Crippen molar-refractivity contribution in [2.45, 2.75) is 25.8 Å². The predicted molar refractivity (Wildman–Crippen MR) is 122 cm³/mol. The number of ether oxygens (including phenoxy) is 4. The number of halogens is 1. The summed E-state index contributed by atoms with van der Waals surface area (Å²) in [7, 11) is 6.18. The van der Waals surface area contributed by atoms with Gasteiger partial charge in [-0.1, -0.05) is 6.07 Å². The van der Waals surface area contributed by atoms with E-state index in [0.717, 1.165) is 20.3 Å². The third-order valence-corrected chi connectivity index (χ3v) is 6.33. The van der Waals surface area contributed by atoms with Gasteiger partial charge in [-0.3, -0.25) is 9.59 Å². The zero-order valence-electron chi connectivity index (χ0n) is 17.6. The van der Waals surface area contributed by atoms with E-state index >= 15 is 0 Å². The highest BCUT2D eigenvalue weighted by molar-refractivity contribution is 14.1. The van der Waals surface area contributed by atoms with E-state index in [2.05, 4.69) is 27.9 Å². The van der Waals surface area contributed by atoms with Crippen molar-refractivity contribution in [3.63, 3.8) is 0 Å². The number of rotatable bonds is 5. The van der Waals surface area contributed by atoms with E-state index in [4.69, 9.17) is 18.9 Å². The summed E-state index contributed by atoms with van der Waals surface area (Å²) >= 11 is 2.24. The van der Waals surface area contributed by atoms with Gasteiger partial charge in [-0.25, -0.2) is 0 Å².